The van der Waals surface area contributed by atoms with Crippen LogP contribution < -0.4 is 15.8 Å². The number of hydrogen-bond donors (Lipinski definition) is 3. The SMILES string of the molecule is CNC(=O)c1cc2c(c(F)c1-c1c(Cl)c(F)cc3c1CC(CCCCN)(c1ccccc1)O3)CC(C)C2O. The van der Waals surface area contributed by atoms with E-state index >= 15 is 8.78 Å². The van der Waals surface area contributed by atoms with Crippen LogP contribution in [-0.2, 0) is 18.4 Å². The highest BCUT2D eigenvalue weighted by molar-refractivity contribution is 6.34. The molecule has 1 aliphatic heterocycles. The van der Waals surface area contributed by atoms with E-state index in [0.29, 0.717) is 42.5 Å². The topological polar surface area (TPSA) is 84.6 Å². The number of benzene rings is 3. The lowest BCUT2D eigenvalue weighted by atomic mass is 9.82. The lowest BCUT2D eigenvalue weighted by Crippen LogP contribution is -2.31. The van der Waals surface area contributed by atoms with Crippen molar-refractivity contribution in [3.63, 3.8) is 0 Å². The summed E-state index contributed by atoms with van der Waals surface area (Å²) in [7, 11) is 1.44. The molecule has 0 saturated carbocycles. The van der Waals surface area contributed by atoms with Crippen molar-refractivity contribution in [3.05, 3.63) is 86.9 Å². The molecule has 0 bridgehead atoms. The summed E-state index contributed by atoms with van der Waals surface area (Å²) in [5.41, 5.74) is 7.12. The van der Waals surface area contributed by atoms with Crippen LogP contribution in [0.5, 0.6) is 5.75 Å². The van der Waals surface area contributed by atoms with Gasteiger partial charge >= 0.3 is 0 Å². The third kappa shape index (κ3) is 4.27. The number of nitrogens with one attached hydrogen (secondary N) is 1. The van der Waals surface area contributed by atoms with Gasteiger partial charge in [-0.15, -0.1) is 0 Å². The van der Waals surface area contributed by atoms with Crippen molar-refractivity contribution in [3.8, 4) is 16.9 Å². The fourth-order valence-corrected chi connectivity index (χ4v) is 6.18. The van der Waals surface area contributed by atoms with Gasteiger partial charge in [0.25, 0.3) is 5.91 Å². The third-order valence-electron chi connectivity index (χ3n) is 7.90. The molecule has 0 fully saturated rings. The van der Waals surface area contributed by atoms with Gasteiger partial charge < -0.3 is 20.9 Å². The van der Waals surface area contributed by atoms with E-state index in [0.717, 1.165) is 18.4 Å². The highest BCUT2D eigenvalue weighted by atomic mass is 35.5. The Bertz CT molecular complexity index is 1400. The van der Waals surface area contributed by atoms with E-state index in [9.17, 15) is 9.90 Å². The number of rotatable bonds is 7. The Hall–Kier alpha value is -3.00. The molecule has 1 heterocycles. The predicted molar refractivity (Wildman–Crippen MR) is 143 cm³/mol. The van der Waals surface area contributed by atoms with E-state index in [2.05, 4.69) is 5.32 Å². The van der Waals surface area contributed by atoms with Crippen LogP contribution in [0.4, 0.5) is 8.78 Å². The lowest BCUT2D eigenvalue weighted by Gasteiger charge is -2.29. The molecule has 2 aliphatic rings. The number of fused-ring (bicyclic) bond motifs is 2. The molecule has 38 heavy (non-hydrogen) atoms. The summed E-state index contributed by atoms with van der Waals surface area (Å²) >= 11 is 6.58. The van der Waals surface area contributed by atoms with Crippen LogP contribution in [-0.4, -0.2) is 24.6 Å². The number of aliphatic hydroxyl groups is 1. The molecule has 0 saturated heterocycles. The maximum absolute atomic E-state index is 16.4. The molecular weight excluding hydrogens is 510 g/mol. The third-order valence-corrected chi connectivity index (χ3v) is 8.27. The van der Waals surface area contributed by atoms with Gasteiger partial charge in [-0.05, 0) is 60.9 Å². The molecule has 5 rings (SSSR count). The summed E-state index contributed by atoms with van der Waals surface area (Å²) in [6, 6.07) is 12.4. The molecule has 200 valence electrons. The molecule has 0 spiro atoms. The number of ether oxygens (including phenoxy) is 1. The molecular formula is C30H31ClF2N2O3. The van der Waals surface area contributed by atoms with Gasteiger partial charge in [-0.1, -0.05) is 48.9 Å². The molecule has 8 heteroatoms. The second kappa shape index (κ2) is 10.3. The van der Waals surface area contributed by atoms with E-state index in [1.807, 2.05) is 37.3 Å². The molecule has 3 atom stereocenters. The summed E-state index contributed by atoms with van der Waals surface area (Å²) in [5.74, 6) is -1.94. The molecule has 3 unspecified atom stereocenters. The van der Waals surface area contributed by atoms with Gasteiger partial charge in [-0.3, -0.25) is 4.79 Å². The normalized spacial score (nSPS) is 21.7. The summed E-state index contributed by atoms with van der Waals surface area (Å²) in [6.45, 7) is 2.35. The molecule has 5 nitrogen and oxygen atoms in total. The van der Waals surface area contributed by atoms with E-state index < -0.39 is 29.2 Å². The van der Waals surface area contributed by atoms with Crippen LogP contribution in [0.2, 0.25) is 5.02 Å². The first-order chi connectivity index (χ1) is 18.2. The summed E-state index contributed by atoms with van der Waals surface area (Å²) < 4.78 is 38.2. The van der Waals surface area contributed by atoms with Crippen molar-refractivity contribution < 1.29 is 23.4 Å². The number of hydrogen-bond acceptors (Lipinski definition) is 4. The van der Waals surface area contributed by atoms with E-state index in [1.54, 1.807) is 0 Å². The number of unbranched alkanes of at least 4 members (excludes halogenated alkanes) is 1. The Morgan fingerprint density at radius 2 is 1.92 bits per heavy atom. The number of nitrogens with two attached hydrogens (primary N) is 1. The Morgan fingerprint density at radius 3 is 2.61 bits per heavy atom. The zero-order valence-corrected chi connectivity index (χ0v) is 22.2. The first kappa shape index (κ1) is 26.6. The fraction of sp³-hybridized carbons (Fsp3) is 0.367. The molecule has 3 aromatic rings. The van der Waals surface area contributed by atoms with Crippen LogP contribution in [0.3, 0.4) is 0 Å². The Morgan fingerprint density at radius 1 is 1.18 bits per heavy atom. The first-order valence-electron chi connectivity index (χ1n) is 12.9. The van der Waals surface area contributed by atoms with Crippen LogP contribution in [0.25, 0.3) is 11.1 Å². The largest absolute Gasteiger partial charge is 0.482 e. The maximum Gasteiger partial charge on any atom is 0.251 e. The summed E-state index contributed by atoms with van der Waals surface area (Å²) in [4.78, 5) is 13.0. The van der Waals surface area contributed by atoms with Gasteiger partial charge in [0.05, 0.1) is 16.7 Å². The minimum atomic E-state index is -0.901. The van der Waals surface area contributed by atoms with Crippen LogP contribution >= 0.6 is 11.6 Å². The number of halogens is 3. The smallest absolute Gasteiger partial charge is 0.251 e. The van der Waals surface area contributed by atoms with Gasteiger partial charge in [0.1, 0.15) is 23.0 Å². The van der Waals surface area contributed by atoms with Crippen molar-refractivity contribution in [1.29, 1.82) is 0 Å². The average molecular weight is 541 g/mol. The van der Waals surface area contributed by atoms with Crippen molar-refractivity contribution in [2.24, 2.45) is 11.7 Å². The van der Waals surface area contributed by atoms with Crippen LogP contribution in [0.1, 0.15) is 64.9 Å². The maximum atomic E-state index is 16.4. The van der Waals surface area contributed by atoms with E-state index in [-0.39, 0.29) is 33.4 Å². The Kier molecular flexibility index (Phi) is 7.20. The molecule has 0 aromatic heterocycles. The van der Waals surface area contributed by atoms with E-state index in [1.165, 1.54) is 19.2 Å². The van der Waals surface area contributed by atoms with Gasteiger partial charge in [0.2, 0.25) is 0 Å². The number of amides is 1. The van der Waals surface area contributed by atoms with Crippen molar-refractivity contribution in [2.75, 3.05) is 13.6 Å². The van der Waals surface area contributed by atoms with E-state index in [4.69, 9.17) is 22.1 Å². The highest BCUT2D eigenvalue weighted by Crippen LogP contribution is 2.52. The monoisotopic (exact) mass is 540 g/mol. The number of carbonyl (C=O) groups is 1. The molecule has 4 N–H and O–H groups in total. The zero-order valence-electron chi connectivity index (χ0n) is 21.4. The van der Waals surface area contributed by atoms with Crippen LogP contribution in [0, 0.1) is 17.6 Å². The fourth-order valence-electron chi connectivity index (χ4n) is 5.92. The number of carbonyl (C=O) groups excluding carboxylic acids is 1. The standard InChI is InChI=1S/C30H31ClF2N2O3/c1-16-12-18-19(28(16)36)13-20(29(37)35-2)25(27(18)33)24-21-15-30(10-6-7-11-34,17-8-4-3-5-9-17)38-23(21)14-22(32)26(24)31/h3-5,8-9,13-14,16,28,36H,6-7,10-12,15,34H2,1-2H3,(H,35,37). The van der Waals surface area contributed by atoms with Gasteiger partial charge in [-0.2, -0.15) is 0 Å². The van der Waals surface area contributed by atoms with Crippen molar-refractivity contribution in [2.45, 2.75) is 50.7 Å². The van der Waals surface area contributed by atoms with Gasteiger partial charge in [0.15, 0.2) is 0 Å². The van der Waals surface area contributed by atoms with Crippen molar-refractivity contribution in [1.82, 2.24) is 5.32 Å². The molecule has 0 radical (unpaired) electrons. The average Bonchev–Trinajstić information content (AvgIpc) is 3.43. The van der Waals surface area contributed by atoms with Gasteiger partial charge in [0, 0.05) is 36.2 Å². The number of aliphatic hydroxyl groups excluding tert-OH is 1. The second-order valence-corrected chi connectivity index (χ2v) is 10.7. The Balaban J connectivity index is 1.74. The van der Waals surface area contributed by atoms with Crippen molar-refractivity contribution >= 4 is 17.5 Å². The predicted octanol–water partition coefficient (Wildman–Crippen LogP) is 5.83. The lowest BCUT2D eigenvalue weighted by molar-refractivity contribution is 0.0793. The van der Waals surface area contributed by atoms with Crippen LogP contribution in [0.15, 0.2) is 42.5 Å². The zero-order chi connectivity index (χ0) is 27.2. The quantitative estimate of drug-likeness (QED) is 0.329. The first-order valence-corrected chi connectivity index (χ1v) is 13.3. The minimum absolute atomic E-state index is 0.00746. The molecule has 3 aromatic carbocycles. The molecule has 1 amide bonds. The minimum Gasteiger partial charge on any atom is -0.482 e. The second-order valence-electron chi connectivity index (χ2n) is 10.3. The van der Waals surface area contributed by atoms with Gasteiger partial charge in [-0.25, -0.2) is 8.78 Å². The Labute approximate surface area is 226 Å². The molecule has 1 aliphatic carbocycles. The highest BCUT2D eigenvalue weighted by Gasteiger charge is 2.44. The summed E-state index contributed by atoms with van der Waals surface area (Å²) in [6.07, 6.45) is 1.88. The summed E-state index contributed by atoms with van der Waals surface area (Å²) in [5, 5.41) is 12.9.